The molecular weight excluding hydrogens is 191 g/mol. The van der Waals surface area contributed by atoms with Gasteiger partial charge in [0.2, 0.25) is 0 Å². The Bertz CT molecular complexity index is 317. The fourth-order valence-electron chi connectivity index (χ4n) is 1.11. The van der Waals surface area contributed by atoms with Gasteiger partial charge in [-0.25, -0.2) is 4.39 Å². The lowest BCUT2D eigenvalue weighted by atomic mass is 10.1. The second-order valence-corrected chi connectivity index (χ2v) is 2.95. The van der Waals surface area contributed by atoms with Gasteiger partial charge >= 0.3 is 0 Å². The quantitative estimate of drug-likeness (QED) is 0.667. The molecule has 0 aliphatic carbocycles. The number of halogens is 3. The van der Waals surface area contributed by atoms with Crippen molar-refractivity contribution in [1.29, 1.82) is 0 Å². The highest BCUT2D eigenvalue weighted by atomic mass is 19.3. The first-order valence-corrected chi connectivity index (χ1v) is 4.09. The summed E-state index contributed by atoms with van der Waals surface area (Å²) in [7, 11) is 1.29. The van der Waals surface area contributed by atoms with Crippen LogP contribution in [0.1, 0.15) is 5.56 Å². The van der Waals surface area contributed by atoms with Gasteiger partial charge in [-0.2, -0.15) is 8.78 Å². The molecule has 0 bridgehead atoms. The van der Waals surface area contributed by atoms with Gasteiger partial charge in [-0.1, -0.05) is 12.1 Å². The van der Waals surface area contributed by atoms with Gasteiger partial charge in [0, 0.05) is 13.5 Å². The molecular formula is C10H10F3N. The average Bonchev–Trinajstić information content (AvgIpc) is 2.08. The summed E-state index contributed by atoms with van der Waals surface area (Å²) in [4.78, 5) is 3.27. The summed E-state index contributed by atoms with van der Waals surface area (Å²) >= 11 is 0. The molecule has 0 saturated heterocycles. The fraction of sp³-hybridized carbons (Fsp3) is 0.300. The van der Waals surface area contributed by atoms with E-state index in [1.165, 1.54) is 19.2 Å². The lowest BCUT2D eigenvalue weighted by molar-refractivity contribution is 0.0843. The molecule has 0 saturated carbocycles. The van der Waals surface area contributed by atoms with Crippen LogP contribution in [0, 0.1) is 5.82 Å². The third-order valence-electron chi connectivity index (χ3n) is 1.67. The minimum atomic E-state index is -2.97. The summed E-state index contributed by atoms with van der Waals surface area (Å²) in [6.45, 7) is 0. The van der Waals surface area contributed by atoms with E-state index in [9.17, 15) is 13.2 Å². The SMILES string of the molecule is CN=CC(F)(F)Cc1ccc(F)cc1. The van der Waals surface area contributed by atoms with E-state index in [1.807, 2.05) is 0 Å². The highest BCUT2D eigenvalue weighted by Gasteiger charge is 2.26. The van der Waals surface area contributed by atoms with E-state index in [0.717, 1.165) is 12.1 Å². The smallest absolute Gasteiger partial charge is 0.286 e. The molecule has 14 heavy (non-hydrogen) atoms. The van der Waals surface area contributed by atoms with Crippen molar-refractivity contribution < 1.29 is 13.2 Å². The number of hydrogen-bond acceptors (Lipinski definition) is 1. The topological polar surface area (TPSA) is 12.4 Å². The van der Waals surface area contributed by atoms with E-state index in [1.54, 1.807) is 0 Å². The Morgan fingerprint density at radius 1 is 1.29 bits per heavy atom. The summed E-state index contributed by atoms with van der Waals surface area (Å²) in [5.74, 6) is -3.40. The predicted octanol–water partition coefficient (Wildman–Crippen LogP) is 2.70. The van der Waals surface area contributed by atoms with E-state index in [0.29, 0.717) is 11.8 Å². The lowest BCUT2D eigenvalue weighted by Gasteiger charge is -2.10. The van der Waals surface area contributed by atoms with Crippen molar-refractivity contribution in [2.24, 2.45) is 4.99 Å². The molecule has 0 heterocycles. The fourth-order valence-corrected chi connectivity index (χ4v) is 1.11. The normalized spacial score (nSPS) is 12.3. The minimum Gasteiger partial charge on any atom is -0.295 e. The van der Waals surface area contributed by atoms with Gasteiger partial charge in [0.15, 0.2) is 0 Å². The molecule has 0 aliphatic rings. The van der Waals surface area contributed by atoms with E-state index in [2.05, 4.69) is 4.99 Å². The molecule has 0 radical (unpaired) electrons. The number of rotatable bonds is 3. The Morgan fingerprint density at radius 2 is 1.86 bits per heavy atom. The molecule has 4 heteroatoms. The standard InChI is InChI=1S/C10H10F3N/c1-14-7-10(12,13)6-8-2-4-9(11)5-3-8/h2-5,7H,6H2,1H3. The van der Waals surface area contributed by atoms with Crippen LogP contribution in [0.2, 0.25) is 0 Å². The number of benzene rings is 1. The molecule has 0 N–H and O–H groups in total. The summed E-state index contributed by atoms with van der Waals surface area (Å²) in [6, 6.07) is 5.00. The lowest BCUT2D eigenvalue weighted by Crippen LogP contribution is -2.21. The molecule has 0 amide bonds. The highest BCUT2D eigenvalue weighted by Crippen LogP contribution is 2.18. The van der Waals surface area contributed by atoms with Gasteiger partial charge in [0.25, 0.3) is 5.92 Å². The molecule has 0 unspecified atom stereocenters. The van der Waals surface area contributed by atoms with E-state index in [-0.39, 0.29) is 0 Å². The van der Waals surface area contributed by atoms with Gasteiger partial charge in [0.1, 0.15) is 5.82 Å². The van der Waals surface area contributed by atoms with E-state index >= 15 is 0 Å². The molecule has 0 aliphatic heterocycles. The molecule has 0 spiro atoms. The second kappa shape index (κ2) is 4.26. The van der Waals surface area contributed by atoms with Crippen molar-refractivity contribution in [3.63, 3.8) is 0 Å². The van der Waals surface area contributed by atoms with Crippen molar-refractivity contribution >= 4 is 6.21 Å². The van der Waals surface area contributed by atoms with E-state index < -0.39 is 18.2 Å². The number of nitrogens with zero attached hydrogens (tertiary/aromatic N) is 1. The second-order valence-electron chi connectivity index (χ2n) is 2.95. The number of alkyl halides is 2. The van der Waals surface area contributed by atoms with Crippen LogP contribution in [-0.4, -0.2) is 19.2 Å². The van der Waals surface area contributed by atoms with Crippen molar-refractivity contribution in [2.75, 3.05) is 7.05 Å². The molecule has 76 valence electrons. The van der Waals surface area contributed by atoms with Gasteiger partial charge in [-0.05, 0) is 17.7 Å². The first kappa shape index (κ1) is 10.8. The monoisotopic (exact) mass is 201 g/mol. The van der Waals surface area contributed by atoms with Crippen LogP contribution < -0.4 is 0 Å². The molecule has 0 fully saturated rings. The van der Waals surface area contributed by atoms with Crippen LogP contribution in [0.25, 0.3) is 0 Å². The highest BCUT2D eigenvalue weighted by molar-refractivity contribution is 5.66. The molecule has 1 nitrogen and oxygen atoms in total. The summed E-state index contributed by atoms with van der Waals surface area (Å²) in [6.07, 6.45) is 0.140. The first-order valence-electron chi connectivity index (χ1n) is 4.09. The maximum atomic E-state index is 13.0. The van der Waals surface area contributed by atoms with Crippen molar-refractivity contribution in [3.8, 4) is 0 Å². The summed E-state index contributed by atoms with van der Waals surface area (Å²) in [5, 5.41) is 0. The van der Waals surface area contributed by atoms with Gasteiger partial charge in [-0.3, -0.25) is 4.99 Å². The van der Waals surface area contributed by atoms with Crippen molar-refractivity contribution in [1.82, 2.24) is 0 Å². The van der Waals surface area contributed by atoms with Crippen LogP contribution in [-0.2, 0) is 6.42 Å². The first-order chi connectivity index (χ1) is 6.53. The maximum Gasteiger partial charge on any atom is 0.286 e. The maximum absolute atomic E-state index is 13.0. The van der Waals surface area contributed by atoms with Crippen LogP contribution in [0.5, 0.6) is 0 Å². The van der Waals surface area contributed by atoms with E-state index in [4.69, 9.17) is 0 Å². The Balaban J connectivity index is 2.73. The van der Waals surface area contributed by atoms with Gasteiger partial charge in [0.05, 0.1) is 6.21 Å². The summed E-state index contributed by atoms with van der Waals surface area (Å²) < 4.78 is 38.4. The number of hydrogen-bond donors (Lipinski definition) is 0. The van der Waals surface area contributed by atoms with Crippen LogP contribution in [0.3, 0.4) is 0 Å². The average molecular weight is 201 g/mol. The van der Waals surface area contributed by atoms with Gasteiger partial charge in [-0.15, -0.1) is 0 Å². The molecule has 1 aromatic carbocycles. The zero-order valence-corrected chi connectivity index (χ0v) is 7.67. The van der Waals surface area contributed by atoms with Crippen LogP contribution in [0.15, 0.2) is 29.3 Å². The Morgan fingerprint density at radius 3 is 2.36 bits per heavy atom. The largest absolute Gasteiger partial charge is 0.295 e. The zero-order chi connectivity index (χ0) is 10.6. The molecule has 1 aromatic rings. The molecule has 0 atom stereocenters. The third kappa shape index (κ3) is 3.20. The number of aliphatic imine (C=N–C) groups is 1. The zero-order valence-electron chi connectivity index (χ0n) is 7.67. The Kier molecular flexibility index (Phi) is 3.28. The molecule has 0 aromatic heterocycles. The Hall–Kier alpha value is -1.32. The van der Waals surface area contributed by atoms with Crippen LogP contribution in [0.4, 0.5) is 13.2 Å². The third-order valence-corrected chi connectivity index (χ3v) is 1.67. The Labute approximate surface area is 80.3 Å². The predicted molar refractivity (Wildman–Crippen MR) is 49.5 cm³/mol. The van der Waals surface area contributed by atoms with Crippen molar-refractivity contribution in [2.45, 2.75) is 12.3 Å². The van der Waals surface area contributed by atoms with Gasteiger partial charge < -0.3 is 0 Å². The van der Waals surface area contributed by atoms with Crippen molar-refractivity contribution in [3.05, 3.63) is 35.6 Å². The minimum absolute atomic E-state index is 0.385. The molecule has 1 rings (SSSR count). The van der Waals surface area contributed by atoms with Crippen LogP contribution >= 0.6 is 0 Å². The summed E-state index contributed by atoms with van der Waals surface area (Å²) in [5.41, 5.74) is 0.385.